The van der Waals surface area contributed by atoms with Crippen molar-refractivity contribution in [1.29, 1.82) is 0 Å². The van der Waals surface area contributed by atoms with E-state index >= 15 is 0 Å². The van der Waals surface area contributed by atoms with Crippen molar-refractivity contribution in [2.75, 3.05) is 7.11 Å². The van der Waals surface area contributed by atoms with Crippen LogP contribution in [-0.4, -0.2) is 24.8 Å². The molecule has 1 aliphatic carbocycles. The molecule has 1 atom stereocenters. The Morgan fingerprint density at radius 2 is 2.31 bits per heavy atom. The van der Waals surface area contributed by atoms with Gasteiger partial charge in [-0.25, -0.2) is 0 Å². The number of carbonyl (C=O) groups is 1. The van der Waals surface area contributed by atoms with E-state index in [1.807, 2.05) is 13.8 Å². The monoisotopic (exact) mass is 183 g/mol. The van der Waals surface area contributed by atoms with Crippen LogP contribution in [-0.2, 0) is 9.53 Å². The van der Waals surface area contributed by atoms with E-state index in [2.05, 4.69) is 4.99 Å². The summed E-state index contributed by atoms with van der Waals surface area (Å²) in [6.07, 6.45) is 2.92. The summed E-state index contributed by atoms with van der Waals surface area (Å²) in [7, 11) is 1.44. The predicted molar refractivity (Wildman–Crippen MR) is 51.9 cm³/mol. The highest BCUT2D eigenvalue weighted by Crippen LogP contribution is 2.24. The molecule has 1 aliphatic rings. The van der Waals surface area contributed by atoms with Crippen molar-refractivity contribution in [2.45, 2.75) is 39.2 Å². The lowest BCUT2D eigenvalue weighted by Crippen LogP contribution is -2.21. The van der Waals surface area contributed by atoms with E-state index in [-0.39, 0.29) is 17.9 Å². The highest BCUT2D eigenvalue weighted by Gasteiger charge is 2.29. The van der Waals surface area contributed by atoms with Gasteiger partial charge in [0.1, 0.15) is 0 Å². The molecule has 3 nitrogen and oxygen atoms in total. The zero-order valence-corrected chi connectivity index (χ0v) is 8.54. The molecule has 1 unspecified atom stereocenters. The van der Waals surface area contributed by atoms with Gasteiger partial charge in [-0.1, -0.05) is 0 Å². The molecule has 0 radical (unpaired) electrons. The molecule has 0 aromatic carbocycles. The lowest BCUT2D eigenvalue weighted by molar-refractivity contribution is -0.142. The second kappa shape index (κ2) is 4.40. The number of aliphatic imine (C=N–C) groups is 1. The molecule has 1 saturated carbocycles. The van der Waals surface area contributed by atoms with Gasteiger partial charge in [0.25, 0.3) is 0 Å². The van der Waals surface area contributed by atoms with Gasteiger partial charge in [-0.15, -0.1) is 0 Å². The third-order valence-corrected chi connectivity index (χ3v) is 2.24. The Bertz CT molecular complexity index is 221. The molecule has 1 rings (SSSR count). The first kappa shape index (κ1) is 10.2. The van der Waals surface area contributed by atoms with Crippen molar-refractivity contribution in [1.82, 2.24) is 0 Å². The second-order valence-electron chi connectivity index (χ2n) is 3.68. The third kappa shape index (κ3) is 2.54. The molecule has 0 amide bonds. The van der Waals surface area contributed by atoms with Gasteiger partial charge in [0, 0.05) is 11.8 Å². The minimum absolute atomic E-state index is 0.0626. The maximum absolute atomic E-state index is 11.3. The summed E-state index contributed by atoms with van der Waals surface area (Å²) in [6, 6.07) is 0.278. The van der Waals surface area contributed by atoms with Crippen LogP contribution < -0.4 is 0 Å². The molecule has 1 fully saturated rings. The van der Waals surface area contributed by atoms with Crippen molar-refractivity contribution in [3.63, 3.8) is 0 Å². The highest BCUT2D eigenvalue weighted by atomic mass is 16.5. The van der Waals surface area contributed by atoms with Crippen LogP contribution in [0, 0.1) is 5.92 Å². The Morgan fingerprint density at radius 1 is 1.62 bits per heavy atom. The van der Waals surface area contributed by atoms with Crippen LogP contribution in [0.2, 0.25) is 0 Å². The van der Waals surface area contributed by atoms with Crippen molar-refractivity contribution in [3.8, 4) is 0 Å². The Hall–Kier alpha value is -0.860. The van der Waals surface area contributed by atoms with Gasteiger partial charge in [0.2, 0.25) is 0 Å². The summed E-state index contributed by atoms with van der Waals surface area (Å²) in [4.78, 5) is 15.7. The fourth-order valence-corrected chi connectivity index (χ4v) is 1.71. The first-order chi connectivity index (χ1) is 6.15. The molecule has 13 heavy (non-hydrogen) atoms. The molecular formula is C10H17NO2. The lowest BCUT2D eigenvalue weighted by Gasteiger charge is -2.09. The smallest absolute Gasteiger partial charge is 0.314 e. The molecular weight excluding hydrogens is 166 g/mol. The summed E-state index contributed by atoms with van der Waals surface area (Å²) >= 11 is 0. The molecule has 0 aromatic rings. The summed E-state index contributed by atoms with van der Waals surface area (Å²) in [5.41, 5.74) is 1.03. The van der Waals surface area contributed by atoms with Gasteiger partial charge in [0.05, 0.1) is 13.0 Å². The van der Waals surface area contributed by atoms with Crippen molar-refractivity contribution < 1.29 is 9.53 Å². The Kier molecular flexibility index (Phi) is 3.46. The number of carbonyl (C=O) groups excluding carboxylic acids is 1. The molecule has 0 N–H and O–H groups in total. The Morgan fingerprint density at radius 3 is 2.85 bits per heavy atom. The van der Waals surface area contributed by atoms with Crippen LogP contribution in [0.4, 0.5) is 0 Å². The summed E-state index contributed by atoms with van der Waals surface area (Å²) in [5.74, 6) is -0.190. The van der Waals surface area contributed by atoms with E-state index < -0.39 is 0 Å². The van der Waals surface area contributed by atoms with Gasteiger partial charge in [-0.3, -0.25) is 9.79 Å². The molecule has 74 valence electrons. The van der Waals surface area contributed by atoms with Crippen LogP contribution in [0.15, 0.2) is 4.99 Å². The van der Waals surface area contributed by atoms with Gasteiger partial charge >= 0.3 is 5.97 Å². The van der Waals surface area contributed by atoms with E-state index in [9.17, 15) is 4.79 Å². The largest absolute Gasteiger partial charge is 0.469 e. The summed E-state index contributed by atoms with van der Waals surface area (Å²) in [6.45, 7) is 4.05. The molecule has 0 aromatic heterocycles. The second-order valence-corrected chi connectivity index (χ2v) is 3.68. The van der Waals surface area contributed by atoms with Gasteiger partial charge in [-0.05, 0) is 33.1 Å². The Labute approximate surface area is 79.2 Å². The summed E-state index contributed by atoms with van der Waals surface area (Å²) in [5, 5.41) is 0. The average molecular weight is 183 g/mol. The van der Waals surface area contributed by atoms with Crippen LogP contribution in [0.5, 0.6) is 0 Å². The minimum atomic E-state index is -0.128. The number of rotatable bonds is 2. The average Bonchev–Trinajstić information content (AvgIpc) is 2.50. The maximum Gasteiger partial charge on any atom is 0.314 e. The van der Waals surface area contributed by atoms with Crippen molar-refractivity contribution in [2.24, 2.45) is 10.9 Å². The van der Waals surface area contributed by atoms with Gasteiger partial charge in [-0.2, -0.15) is 0 Å². The first-order valence-electron chi connectivity index (χ1n) is 4.79. The normalized spacial score (nSPS) is 25.5. The van der Waals surface area contributed by atoms with Crippen molar-refractivity contribution >= 4 is 11.7 Å². The fraction of sp³-hybridized carbons (Fsp3) is 0.800. The predicted octanol–water partition coefficient (Wildman–Crippen LogP) is 1.81. The SMILES string of the molecule is COC(=O)C1CCCC1=NC(C)C. The molecule has 0 spiro atoms. The number of methoxy groups -OCH3 is 1. The van der Waals surface area contributed by atoms with Crippen LogP contribution in [0.3, 0.4) is 0 Å². The molecule has 0 aliphatic heterocycles. The van der Waals surface area contributed by atoms with Crippen LogP contribution in [0.1, 0.15) is 33.1 Å². The molecule has 0 bridgehead atoms. The van der Waals surface area contributed by atoms with Crippen molar-refractivity contribution in [3.05, 3.63) is 0 Å². The fourth-order valence-electron chi connectivity index (χ4n) is 1.71. The standard InChI is InChI=1S/C10H17NO2/c1-7(2)11-9-6-4-5-8(9)10(12)13-3/h7-8H,4-6H2,1-3H3. The van der Waals surface area contributed by atoms with E-state index in [1.165, 1.54) is 7.11 Å². The quantitative estimate of drug-likeness (QED) is 0.612. The zero-order chi connectivity index (χ0) is 9.84. The topological polar surface area (TPSA) is 38.7 Å². The number of hydrogen-bond donors (Lipinski definition) is 0. The lowest BCUT2D eigenvalue weighted by atomic mass is 10.1. The number of hydrogen-bond acceptors (Lipinski definition) is 3. The van der Waals surface area contributed by atoms with Gasteiger partial charge < -0.3 is 4.74 Å². The maximum atomic E-state index is 11.3. The minimum Gasteiger partial charge on any atom is -0.469 e. The van der Waals surface area contributed by atoms with E-state index in [4.69, 9.17) is 4.74 Å². The Balaban J connectivity index is 2.69. The van der Waals surface area contributed by atoms with E-state index in [0.29, 0.717) is 0 Å². The molecule has 0 heterocycles. The number of ether oxygens (including phenoxy) is 1. The van der Waals surface area contributed by atoms with E-state index in [1.54, 1.807) is 0 Å². The zero-order valence-electron chi connectivity index (χ0n) is 8.54. The van der Waals surface area contributed by atoms with E-state index in [0.717, 1.165) is 25.0 Å². The molecule has 3 heteroatoms. The number of esters is 1. The van der Waals surface area contributed by atoms with Crippen LogP contribution in [0.25, 0.3) is 0 Å². The van der Waals surface area contributed by atoms with Crippen LogP contribution >= 0.6 is 0 Å². The number of nitrogens with zero attached hydrogens (tertiary/aromatic N) is 1. The summed E-state index contributed by atoms with van der Waals surface area (Å²) < 4.78 is 4.73. The highest BCUT2D eigenvalue weighted by molar-refractivity contribution is 6.03. The first-order valence-corrected chi connectivity index (χ1v) is 4.79. The van der Waals surface area contributed by atoms with Gasteiger partial charge in [0.15, 0.2) is 0 Å². The third-order valence-electron chi connectivity index (χ3n) is 2.24. The molecule has 0 saturated heterocycles.